The number of carbonyl (C=O) groups excluding carboxylic acids is 1. The van der Waals surface area contributed by atoms with Crippen LogP contribution in [0.1, 0.15) is 57.6 Å². The van der Waals surface area contributed by atoms with E-state index in [1.165, 1.54) is 4.68 Å². The molecular formula is C21H30ClN5O4. The lowest BCUT2D eigenvalue weighted by molar-refractivity contribution is -0.0424. The molecule has 4 fully saturated rings. The molecule has 10 heteroatoms. The largest absolute Gasteiger partial charge is 0.444 e. The zero-order valence-electron chi connectivity index (χ0n) is 17.6. The van der Waals surface area contributed by atoms with Crippen molar-refractivity contribution < 1.29 is 14.3 Å². The van der Waals surface area contributed by atoms with Crippen LogP contribution in [0.2, 0.25) is 5.02 Å². The minimum atomic E-state index is -0.371. The second kappa shape index (κ2) is 8.26. The normalized spacial score (nSPS) is 34.8. The molecule has 0 aromatic carbocycles. The smallest absolute Gasteiger partial charge is 0.407 e. The number of halogens is 1. The Morgan fingerprint density at radius 2 is 2.10 bits per heavy atom. The van der Waals surface area contributed by atoms with Gasteiger partial charge in [0.15, 0.2) is 6.23 Å². The van der Waals surface area contributed by atoms with Crippen molar-refractivity contribution >= 4 is 23.4 Å². The van der Waals surface area contributed by atoms with Crippen LogP contribution in [0.4, 0.5) is 10.5 Å². The summed E-state index contributed by atoms with van der Waals surface area (Å²) in [6, 6.07) is 0.515. The molecule has 3 heterocycles. The van der Waals surface area contributed by atoms with E-state index in [4.69, 9.17) is 26.8 Å². The Hall–Kier alpha value is -1.84. The van der Waals surface area contributed by atoms with E-state index in [0.717, 1.165) is 44.9 Å². The fraction of sp³-hybridized carbons (Fsp3) is 0.762. The summed E-state index contributed by atoms with van der Waals surface area (Å²) in [5, 5.41) is 7.41. The van der Waals surface area contributed by atoms with Gasteiger partial charge in [-0.25, -0.2) is 4.79 Å². The van der Waals surface area contributed by atoms with Crippen LogP contribution in [0.15, 0.2) is 11.0 Å². The van der Waals surface area contributed by atoms with Crippen molar-refractivity contribution in [3.63, 3.8) is 0 Å². The van der Waals surface area contributed by atoms with E-state index in [0.29, 0.717) is 43.3 Å². The molecule has 2 atom stereocenters. The zero-order chi connectivity index (χ0) is 21.6. The summed E-state index contributed by atoms with van der Waals surface area (Å²) in [5.74, 6) is 0. The molecular weight excluding hydrogens is 422 g/mol. The minimum absolute atomic E-state index is 0.132. The van der Waals surface area contributed by atoms with Gasteiger partial charge in [0.05, 0.1) is 18.4 Å². The Labute approximate surface area is 186 Å². The summed E-state index contributed by atoms with van der Waals surface area (Å²) < 4.78 is 12.6. The minimum Gasteiger partial charge on any atom is -0.444 e. The molecule has 1 amide bonds. The molecule has 1 aromatic rings. The molecule has 31 heavy (non-hydrogen) atoms. The number of hydrogen-bond acceptors (Lipinski definition) is 7. The first-order valence-corrected chi connectivity index (χ1v) is 11.7. The van der Waals surface area contributed by atoms with E-state index in [1.54, 1.807) is 6.20 Å². The molecule has 2 saturated heterocycles. The molecule has 170 valence electrons. The number of rotatable bonds is 4. The van der Waals surface area contributed by atoms with Gasteiger partial charge in [0, 0.05) is 31.7 Å². The Morgan fingerprint density at radius 3 is 2.81 bits per heavy atom. The lowest BCUT2D eigenvalue weighted by atomic mass is 9.52. The summed E-state index contributed by atoms with van der Waals surface area (Å²) in [6.07, 6.45) is 8.20. The third-order valence-electron chi connectivity index (χ3n) is 7.18. The second-order valence-corrected chi connectivity index (χ2v) is 9.97. The van der Waals surface area contributed by atoms with Crippen LogP contribution in [0.3, 0.4) is 0 Å². The fourth-order valence-electron chi connectivity index (χ4n) is 5.65. The highest BCUT2D eigenvalue weighted by Gasteiger charge is 2.52. The van der Waals surface area contributed by atoms with Gasteiger partial charge < -0.3 is 25.4 Å². The van der Waals surface area contributed by atoms with Gasteiger partial charge >= 0.3 is 6.09 Å². The molecule has 1 aromatic heterocycles. The maximum absolute atomic E-state index is 12.7. The molecule has 4 aliphatic rings. The third kappa shape index (κ3) is 4.15. The predicted molar refractivity (Wildman–Crippen MR) is 115 cm³/mol. The van der Waals surface area contributed by atoms with Gasteiger partial charge in [0.2, 0.25) is 0 Å². The highest BCUT2D eigenvalue weighted by atomic mass is 35.5. The van der Waals surface area contributed by atoms with Crippen molar-refractivity contribution in [3.05, 3.63) is 21.6 Å². The number of aromatic nitrogens is 2. The van der Waals surface area contributed by atoms with Crippen molar-refractivity contribution in [1.82, 2.24) is 15.1 Å². The van der Waals surface area contributed by atoms with Crippen LogP contribution in [0.25, 0.3) is 0 Å². The average molecular weight is 452 g/mol. The topological polar surface area (TPSA) is 112 Å². The van der Waals surface area contributed by atoms with E-state index < -0.39 is 0 Å². The maximum Gasteiger partial charge on any atom is 0.407 e. The molecule has 9 nitrogen and oxygen atoms in total. The van der Waals surface area contributed by atoms with Gasteiger partial charge in [-0.15, -0.1) is 0 Å². The van der Waals surface area contributed by atoms with Crippen LogP contribution in [-0.2, 0) is 9.47 Å². The lowest BCUT2D eigenvalue weighted by Gasteiger charge is -2.56. The molecule has 2 aliphatic heterocycles. The number of alkyl carbamates (subject to hydrolysis) is 1. The molecule has 5 rings (SSSR count). The van der Waals surface area contributed by atoms with Crippen molar-refractivity contribution in [2.24, 2.45) is 11.1 Å². The predicted octanol–water partition coefficient (Wildman–Crippen LogP) is 2.17. The van der Waals surface area contributed by atoms with Crippen LogP contribution < -0.4 is 21.5 Å². The molecule has 1 spiro atoms. The molecule has 2 saturated carbocycles. The number of amides is 1. The van der Waals surface area contributed by atoms with Crippen molar-refractivity contribution in [2.45, 2.75) is 75.8 Å². The van der Waals surface area contributed by atoms with E-state index in [2.05, 4.69) is 10.4 Å². The van der Waals surface area contributed by atoms with E-state index >= 15 is 0 Å². The SMILES string of the molecule is NC1CC2(C1)CC(NC(=O)O[C@@H]1CCN(c3cnn(C4CCCCO4)c(=O)c3Cl)C1)C2. The van der Waals surface area contributed by atoms with E-state index in [9.17, 15) is 9.59 Å². The molecule has 0 bridgehead atoms. The molecule has 0 radical (unpaired) electrons. The average Bonchev–Trinajstić information content (AvgIpc) is 3.16. The van der Waals surface area contributed by atoms with Crippen LogP contribution in [0.5, 0.6) is 0 Å². The molecule has 1 unspecified atom stereocenters. The standard InChI is InChI=1S/C21H30ClN5O4/c22-18-16(11-24-27(19(18)28)17-3-1-2-6-30-17)26-5-4-15(12-26)31-20(29)25-14-9-21(10-14)7-13(23)8-21/h11,13-15,17H,1-10,12,23H2,(H,25,29)/t13?,14?,15-,17?,21?/m1/s1. The van der Waals surface area contributed by atoms with Crippen LogP contribution >= 0.6 is 11.6 Å². The summed E-state index contributed by atoms with van der Waals surface area (Å²) in [6.45, 7) is 1.76. The highest BCUT2D eigenvalue weighted by molar-refractivity contribution is 6.33. The number of ether oxygens (including phenoxy) is 2. The van der Waals surface area contributed by atoms with Crippen LogP contribution in [0, 0.1) is 5.41 Å². The molecule has 3 N–H and O–H groups in total. The summed E-state index contributed by atoms with van der Waals surface area (Å²) in [4.78, 5) is 27.0. The van der Waals surface area contributed by atoms with Gasteiger partial charge in [0.1, 0.15) is 11.1 Å². The zero-order valence-corrected chi connectivity index (χ0v) is 18.4. The number of nitrogens with two attached hydrogens (primary N) is 1. The Morgan fingerprint density at radius 1 is 1.29 bits per heavy atom. The van der Waals surface area contributed by atoms with Gasteiger partial charge in [-0.3, -0.25) is 4.79 Å². The summed E-state index contributed by atoms with van der Waals surface area (Å²) in [5.41, 5.74) is 6.49. The van der Waals surface area contributed by atoms with E-state index in [-0.39, 0.29) is 35.0 Å². The van der Waals surface area contributed by atoms with E-state index in [1.807, 2.05) is 4.90 Å². The number of hydrogen-bond donors (Lipinski definition) is 2. The van der Waals surface area contributed by atoms with Gasteiger partial charge in [-0.05, 0) is 50.4 Å². The number of anilines is 1. The first kappa shape index (κ1) is 21.0. The Kier molecular flexibility index (Phi) is 5.60. The number of nitrogens with zero attached hydrogens (tertiary/aromatic N) is 3. The van der Waals surface area contributed by atoms with Gasteiger partial charge in [0.25, 0.3) is 5.56 Å². The maximum atomic E-state index is 12.7. The van der Waals surface area contributed by atoms with Crippen LogP contribution in [-0.4, -0.2) is 53.8 Å². The van der Waals surface area contributed by atoms with Gasteiger partial charge in [-0.2, -0.15) is 9.78 Å². The van der Waals surface area contributed by atoms with Gasteiger partial charge in [-0.1, -0.05) is 11.6 Å². The van der Waals surface area contributed by atoms with Crippen molar-refractivity contribution in [2.75, 3.05) is 24.6 Å². The number of nitrogens with one attached hydrogen (secondary N) is 1. The second-order valence-electron chi connectivity index (χ2n) is 9.59. The third-order valence-corrected chi connectivity index (χ3v) is 7.54. The Bertz CT molecular complexity index is 888. The van der Waals surface area contributed by atoms with Crippen molar-refractivity contribution in [1.29, 1.82) is 0 Å². The summed E-state index contributed by atoms with van der Waals surface area (Å²) >= 11 is 6.40. The number of carbonyl (C=O) groups is 1. The monoisotopic (exact) mass is 451 g/mol. The summed E-state index contributed by atoms with van der Waals surface area (Å²) in [7, 11) is 0. The Balaban J connectivity index is 1.14. The molecule has 2 aliphatic carbocycles. The lowest BCUT2D eigenvalue weighted by Crippen LogP contribution is -2.59. The quantitative estimate of drug-likeness (QED) is 0.721. The first-order chi connectivity index (χ1) is 14.9. The van der Waals surface area contributed by atoms with Crippen molar-refractivity contribution in [3.8, 4) is 0 Å². The first-order valence-electron chi connectivity index (χ1n) is 11.3. The highest BCUT2D eigenvalue weighted by Crippen LogP contribution is 2.55. The fourth-order valence-corrected chi connectivity index (χ4v) is 5.90.